The van der Waals surface area contributed by atoms with Gasteiger partial charge in [0, 0.05) is 6.54 Å². The Morgan fingerprint density at radius 1 is 1.31 bits per heavy atom. The fourth-order valence-electron chi connectivity index (χ4n) is 1.95. The zero-order valence-electron chi connectivity index (χ0n) is 10.9. The molecule has 0 spiro atoms. The van der Waals surface area contributed by atoms with Crippen LogP contribution in [0.4, 0.5) is 4.79 Å². The monoisotopic (exact) mass is 228 g/mol. The predicted octanol–water partition coefficient (Wildman–Crippen LogP) is 2.34. The van der Waals surface area contributed by atoms with Gasteiger partial charge in [-0.2, -0.15) is 0 Å². The highest BCUT2D eigenvalue weighted by Gasteiger charge is 2.28. The van der Waals surface area contributed by atoms with E-state index in [-0.39, 0.29) is 12.3 Å². The molecule has 1 aliphatic rings. The summed E-state index contributed by atoms with van der Waals surface area (Å²) in [5.74, 6) is 0. The van der Waals surface area contributed by atoms with Crippen molar-refractivity contribution in [3.63, 3.8) is 0 Å². The van der Waals surface area contributed by atoms with Gasteiger partial charge in [0.15, 0.2) is 0 Å². The van der Waals surface area contributed by atoms with Crippen LogP contribution >= 0.6 is 0 Å². The number of carbonyl (C=O) groups is 1. The number of likely N-dealkylation sites (tertiary alicyclic amines) is 1. The SMILES string of the molecule is CNC1CCCCCN1C(=O)OC(C)(C)C. The third kappa shape index (κ3) is 4.00. The molecule has 1 heterocycles. The van der Waals surface area contributed by atoms with Crippen LogP contribution in [-0.4, -0.2) is 36.4 Å². The second-order valence-electron chi connectivity index (χ2n) is 5.33. The van der Waals surface area contributed by atoms with Crippen LogP contribution in [0.2, 0.25) is 0 Å². The molecule has 0 aliphatic carbocycles. The maximum Gasteiger partial charge on any atom is 0.411 e. The van der Waals surface area contributed by atoms with E-state index in [1.54, 1.807) is 0 Å². The quantitative estimate of drug-likeness (QED) is 0.749. The van der Waals surface area contributed by atoms with Gasteiger partial charge in [-0.05, 0) is 47.1 Å². The first-order valence-electron chi connectivity index (χ1n) is 6.11. The fraction of sp³-hybridized carbons (Fsp3) is 0.917. The summed E-state index contributed by atoms with van der Waals surface area (Å²) in [5, 5.41) is 3.19. The number of amides is 1. The molecule has 94 valence electrons. The van der Waals surface area contributed by atoms with Crippen LogP contribution in [0, 0.1) is 0 Å². The van der Waals surface area contributed by atoms with Crippen LogP contribution in [-0.2, 0) is 4.74 Å². The molecule has 1 rings (SSSR count). The molecular formula is C12H24N2O2. The first kappa shape index (κ1) is 13.3. The van der Waals surface area contributed by atoms with Gasteiger partial charge in [0.25, 0.3) is 0 Å². The van der Waals surface area contributed by atoms with Crippen LogP contribution in [0.3, 0.4) is 0 Å². The van der Waals surface area contributed by atoms with Crippen molar-refractivity contribution in [2.45, 2.75) is 58.2 Å². The molecule has 4 heteroatoms. The van der Waals surface area contributed by atoms with Crippen molar-refractivity contribution < 1.29 is 9.53 Å². The minimum Gasteiger partial charge on any atom is -0.444 e. The lowest BCUT2D eigenvalue weighted by atomic mass is 10.2. The van der Waals surface area contributed by atoms with Crippen LogP contribution < -0.4 is 5.32 Å². The van der Waals surface area contributed by atoms with E-state index in [2.05, 4.69) is 5.32 Å². The molecule has 16 heavy (non-hydrogen) atoms. The van der Waals surface area contributed by atoms with Crippen molar-refractivity contribution in [1.29, 1.82) is 0 Å². The highest BCUT2D eigenvalue weighted by molar-refractivity contribution is 5.68. The second-order valence-corrected chi connectivity index (χ2v) is 5.33. The van der Waals surface area contributed by atoms with E-state index in [9.17, 15) is 4.79 Å². The summed E-state index contributed by atoms with van der Waals surface area (Å²) in [5.41, 5.74) is -0.415. The maximum atomic E-state index is 12.0. The highest BCUT2D eigenvalue weighted by atomic mass is 16.6. The number of nitrogens with zero attached hydrogens (tertiary/aromatic N) is 1. The van der Waals surface area contributed by atoms with E-state index in [0.717, 1.165) is 19.4 Å². The zero-order valence-corrected chi connectivity index (χ0v) is 10.9. The largest absolute Gasteiger partial charge is 0.444 e. The molecule has 1 atom stereocenters. The van der Waals surface area contributed by atoms with E-state index < -0.39 is 5.60 Å². The van der Waals surface area contributed by atoms with Crippen LogP contribution in [0.25, 0.3) is 0 Å². The summed E-state index contributed by atoms with van der Waals surface area (Å²) in [6.07, 6.45) is 4.36. The van der Waals surface area contributed by atoms with Gasteiger partial charge >= 0.3 is 6.09 Å². The van der Waals surface area contributed by atoms with Crippen molar-refractivity contribution in [3.8, 4) is 0 Å². The third-order valence-corrected chi connectivity index (χ3v) is 2.71. The summed E-state index contributed by atoms with van der Waals surface area (Å²) < 4.78 is 5.41. The van der Waals surface area contributed by atoms with Crippen LogP contribution in [0.15, 0.2) is 0 Å². The lowest BCUT2D eigenvalue weighted by Gasteiger charge is -2.31. The molecule has 1 amide bonds. The normalized spacial score (nSPS) is 22.8. The first-order chi connectivity index (χ1) is 7.44. The number of ether oxygens (including phenoxy) is 1. The fourth-order valence-corrected chi connectivity index (χ4v) is 1.95. The Bertz CT molecular complexity index is 236. The molecule has 1 unspecified atom stereocenters. The Hall–Kier alpha value is -0.770. The lowest BCUT2D eigenvalue weighted by Crippen LogP contribution is -2.48. The third-order valence-electron chi connectivity index (χ3n) is 2.71. The molecule has 0 aromatic carbocycles. The number of hydrogen-bond donors (Lipinski definition) is 1. The van der Waals surface area contributed by atoms with Gasteiger partial charge < -0.3 is 10.1 Å². The first-order valence-corrected chi connectivity index (χ1v) is 6.11. The summed E-state index contributed by atoms with van der Waals surface area (Å²) in [6.45, 7) is 6.49. The standard InChI is InChI=1S/C12H24N2O2/c1-12(2,3)16-11(15)14-9-7-5-6-8-10(14)13-4/h10,13H,5-9H2,1-4H3. The van der Waals surface area contributed by atoms with Gasteiger partial charge in [-0.3, -0.25) is 4.90 Å². The van der Waals surface area contributed by atoms with Crippen molar-refractivity contribution in [1.82, 2.24) is 10.2 Å². The topological polar surface area (TPSA) is 41.6 Å². The molecule has 1 fully saturated rings. The van der Waals surface area contributed by atoms with Crippen LogP contribution in [0.5, 0.6) is 0 Å². The summed E-state index contributed by atoms with van der Waals surface area (Å²) in [4.78, 5) is 13.8. The molecule has 0 radical (unpaired) electrons. The van der Waals surface area contributed by atoms with E-state index >= 15 is 0 Å². The van der Waals surface area contributed by atoms with Gasteiger partial charge in [0.1, 0.15) is 5.60 Å². The summed E-state index contributed by atoms with van der Waals surface area (Å²) >= 11 is 0. The summed E-state index contributed by atoms with van der Waals surface area (Å²) in [7, 11) is 1.90. The smallest absolute Gasteiger partial charge is 0.411 e. The molecule has 0 aromatic heterocycles. The Morgan fingerprint density at radius 3 is 2.56 bits per heavy atom. The Balaban J connectivity index is 2.63. The molecule has 1 aliphatic heterocycles. The number of carbonyl (C=O) groups excluding carboxylic acids is 1. The maximum absolute atomic E-state index is 12.0. The van der Waals surface area contributed by atoms with Crippen LogP contribution in [0.1, 0.15) is 46.5 Å². The van der Waals surface area contributed by atoms with Gasteiger partial charge in [-0.1, -0.05) is 6.42 Å². The molecule has 0 bridgehead atoms. The van der Waals surface area contributed by atoms with Crippen molar-refractivity contribution in [3.05, 3.63) is 0 Å². The second kappa shape index (κ2) is 5.53. The van der Waals surface area contributed by atoms with E-state index in [0.29, 0.717) is 0 Å². The van der Waals surface area contributed by atoms with E-state index in [1.165, 1.54) is 12.8 Å². The van der Waals surface area contributed by atoms with Crippen molar-refractivity contribution in [2.24, 2.45) is 0 Å². The van der Waals surface area contributed by atoms with Gasteiger partial charge in [-0.15, -0.1) is 0 Å². The Morgan fingerprint density at radius 2 is 2.00 bits per heavy atom. The van der Waals surface area contributed by atoms with Crippen molar-refractivity contribution in [2.75, 3.05) is 13.6 Å². The lowest BCUT2D eigenvalue weighted by molar-refractivity contribution is 0.0139. The van der Waals surface area contributed by atoms with Crippen molar-refractivity contribution >= 4 is 6.09 Å². The van der Waals surface area contributed by atoms with E-state index in [1.807, 2.05) is 32.7 Å². The molecule has 0 saturated carbocycles. The number of nitrogens with one attached hydrogen (secondary N) is 1. The molecule has 4 nitrogen and oxygen atoms in total. The molecule has 1 saturated heterocycles. The predicted molar refractivity (Wildman–Crippen MR) is 64.3 cm³/mol. The molecule has 0 aromatic rings. The highest BCUT2D eigenvalue weighted by Crippen LogP contribution is 2.18. The average Bonchev–Trinajstić information content (AvgIpc) is 2.39. The van der Waals surface area contributed by atoms with Gasteiger partial charge in [-0.25, -0.2) is 4.79 Å². The molecular weight excluding hydrogens is 204 g/mol. The minimum atomic E-state index is -0.415. The molecule has 1 N–H and O–H groups in total. The zero-order chi connectivity index (χ0) is 12.2. The number of hydrogen-bond acceptors (Lipinski definition) is 3. The Labute approximate surface area is 98.3 Å². The minimum absolute atomic E-state index is 0.123. The van der Waals surface area contributed by atoms with Gasteiger partial charge in [0.2, 0.25) is 0 Å². The van der Waals surface area contributed by atoms with E-state index in [4.69, 9.17) is 4.74 Å². The summed E-state index contributed by atoms with van der Waals surface area (Å²) in [6, 6.07) is 0. The number of rotatable bonds is 1. The van der Waals surface area contributed by atoms with Gasteiger partial charge in [0.05, 0.1) is 6.17 Å². The Kier molecular flexibility index (Phi) is 4.59. The average molecular weight is 228 g/mol.